The highest BCUT2D eigenvalue weighted by molar-refractivity contribution is 6.99. The number of halogens is 1. The molecule has 0 aliphatic carbocycles. The standard InChI is InChI=1S/C15H17ClN4OS/c16-12-3-1-11(2-4-12)9-15(21)18-13-5-7-20(8-6-13)14-10-17-22-19-14/h1-4,10,13H,5-9H2,(H,18,21). The molecule has 1 fully saturated rings. The Labute approximate surface area is 138 Å². The number of rotatable bonds is 4. The Hall–Kier alpha value is -1.66. The van der Waals surface area contributed by atoms with Crippen molar-refractivity contribution in [2.24, 2.45) is 0 Å². The predicted octanol–water partition coefficient (Wildman–Crippen LogP) is 2.52. The van der Waals surface area contributed by atoms with Crippen LogP contribution in [-0.2, 0) is 11.2 Å². The van der Waals surface area contributed by atoms with Gasteiger partial charge in [0.2, 0.25) is 5.91 Å². The molecule has 0 unspecified atom stereocenters. The summed E-state index contributed by atoms with van der Waals surface area (Å²) in [6.45, 7) is 1.80. The average Bonchev–Trinajstić information content (AvgIpc) is 3.05. The Bertz CT molecular complexity index is 609. The Morgan fingerprint density at radius 3 is 2.68 bits per heavy atom. The summed E-state index contributed by atoms with van der Waals surface area (Å²) in [6.07, 6.45) is 4.06. The maximum absolute atomic E-state index is 12.1. The second-order valence-corrected chi connectivity index (χ2v) is 6.39. The van der Waals surface area contributed by atoms with Gasteiger partial charge in [-0.3, -0.25) is 4.79 Å². The van der Waals surface area contributed by atoms with Crippen LogP contribution in [0.1, 0.15) is 18.4 Å². The van der Waals surface area contributed by atoms with Gasteiger partial charge in [-0.2, -0.15) is 8.75 Å². The van der Waals surface area contributed by atoms with Crippen LogP contribution in [0.5, 0.6) is 0 Å². The van der Waals surface area contributed by atoms with Crippen LogP contribution in [0.15, 0.2) is 30.5 Å². The third-order valence-electron chi connectivity index (χ3n) is 3.81. The molecule has 0 atom stereocenters. The van der Waals surface area contributed by atoms with Crippen molar-refractivity contribution in [1.29, 1.82) is 0 Å². The van der Waals surface area contributed by atoms with Gasteiger partial charge in [0.05, 0.1) is 24.3 Å². The molecule has 1 saturated heterocycles. The fourth-order valence-electron chi connectivity index (χ4n) is 2.62. The highest BCUT2D eigenvalue weighted by Gasteiger charge is 2.21. The van der Waals surface area contributed by atoms with E-state index in [0.717, 1.165) is 37.3 Å². The summed E-state index contributed by atoms with van der Waals surface area (Å²) in [4.78, 5) is 14.3. The van der Waals surface area contributed by atoms with Crippen LogP contribution >= 0.6 is 23.3 Å². The first-order chi connectivity index (χ1) is 10.7. The van der Waals surface area contributed by atoms with E-state index in [-0.39, 0.29) is 11.9 Å². The van der Waals surface area contributed by atoms with Gasteiger partial charge in [-0.05, 0) is 30.5 Å². The molecule has 116 valence electrons. The van der Waals surface area contributed by atoms with Gasteiger partial charge in [0.15, 0.2) is 5.82 Å². The normalized spacial score (nSPS) is 15.8. The van der Waals surface area contributed by atoms with Crippen LogP contribution in [0.25, 0.3) is 0 Å². The predicted molar refractivity (Wildman–Crippen MR) is 88.4 cm³/mol. The van der Waals surface area contributed by atoms with Crippen molar-refractivity contribution in [1.82, 2.24) is 14.1 Å². The van der Waals surface area contributed by atoms with Gasteiger partial charge in [0, 0.05) is 24.2 Å². The molecule has 1 aliphatic heterocycles. The van der Waals surface area contributed by atoms with Gasteiger partial charge in [-0.15, -0.1) is 0 Å². The first-order valence-corrected chi connectivity index (χ1v) is 8.38. The van der Waals surface area contributed by atoms with Crippen LogP contribution in [0.4, 0.5) is 5.82 Å². The topological polar surface area (TPSA) is 58.1 Å². The molecule has 7 heteroatoms. The lowest BCUT2D eigenvalue weighted by molar-refractivity contribution is -0.121. The molecule has 1 amide bonds. The third kappa shape index (κ3) is 3.96. The molecule has 0 bridgehead atoms. The molecular formula is C15H17ClN4OS. The lowest BCUT2D eigenvalue weighted by Crippen LogP contribution is -2.45. The molecular weight excluding hydrogens is 320 g/mol. The zero-order valence-corrected chi connectivity index (χ0v) is 13.6. The number of hydrogen-bond acceptors (Lipinski definition) is 5. The summed E-state index contributed by atoms with van der Waals surface area (Å²) in [5.41, 5.74) is 0.980. The van der Waals surface area contributed by atoms with Crippen LogP contribution in [0.3, 0.4) is 0 Å². The first kappa shape index (κ1) is 15.2. The molecule has 3 rings (SSSR count). The zero-order valence-electron chi connectivity index (χ0n) is 12.0. The number of aromatic nitrogens is 2. The van der Waals surface area contributed by atoms with Crippen LogP contribution in [0.2, 0.25) is 5.02 Å². The summed E-state index contributed by atoms with van der Waals surface area (Å²) in [7, 11) is 0. The number of carbonyl (C=O) groups excluding carboxylic acids is 1. The minimum atomic E-state index is 0.0658. The molecule has 0 saturated carbocycles. The molecule has 0 spiro atoms. The maximum atomic E-state index is 12.1. The van der Waals surface area contributed by atoms with E-state index in [2.05, 4.69) is 19.0 Å². The van der Waals surface area contributed by atoms with Crippen molar-refractivity contribution < 1.29 is 4.79 Å². The van der Waals surface area contributed by atoms with Gasteiger partial charge in [-0.25, -0.2) is 0 Å². The Morgan fingerprint density at radius 2 is 2.05 bits per heavy atom. The summed E-state index contributed by atoms with van der Waals surface area (Å²) in [6, 6.07) is 7.64. The Balaban J connectivity index is 1.46. The van der Waals surface area contributed by atoms with Crippen LogP contribution in [-0.4, -0.2) is 33.8 Å². The lowest BCUT2D eigenvalue weighted by atomic mass is 10.0. The van der Waals surface area contributed by atoms with E-state index in [0.29, 0.717) is 11.4 Å². The van der Waals surface area contributed by atoms with Gasteiger partial charge >= 0.3 is 0 Å². The number of amides is 1. The first-order valence-electron chi connectivity index (χ1n) is 7.27. The number of nitrogens with one attached hydrogen (secondary N) is 1. The number of carbonyl (C=O) groups is 1. The summed E-state index contributed by atoms with van der Waals surface area (Å²) < 4.78 is 8.27. The number of hydrogen-bond donors (Lipinski definition) is 1. The fraction of sp³-hybridized carbons (Fsp3) is 0.400. The van der Waals surface area contributed by atoms with Crippen molar-refractivity contribution >= 4 is 35.1 Å². The van der Waals surface area contributed by atoms with E-state index < -0.39 is 0 Å². The monoisotopic (exact) mass is 336 g/mol. The minimum absolute atomic E-state index is 0.0658. The van der Waals surface area contributed by atoms with Crippen molar-refractivity contribution in [2.45, 2.75) is 25.3 Å². The van der Waals surface area contributed by atoms with Crippen LogP contribution in [0, 0.1) is 0 Å². The highest BCUT2D eigenvalue weighted by Crippen LogP contribution is 2.18. The second kappa shape index (κ2) is 7.07. The molecule has 1 aromatic heterocycles. The average molecular weight is 337 g/mol. The van der Waals surface area contributed by atoms with Crippen molar-refractivity contribution in [2.75, 3.05) is 18.0 Å². The molecule has 2 heterocycles. The van der Waals surface area contributed by atoms with E-state index >= 15 is 0 Å². The van der Waals surface area contributed by atoms with Crippen LogP contribution < -0.4 is 10.2 Å². The maximum Gasteiger partial charge on any atom is 0.224 e. The quantitative estimate of drug-likeness (QED) is 0.932. The minimum Gasteiger partial charge on any atom is -0.354 e. The molecule has 1 aromatic carbocycles. The van der Waals surface area contributed by atoms with E-state index in [1.807, 2.05) is 24.3 Å². The second-order valence-electron chi connectivity index (χ2n) is 5.40. The van der Waals surface area contributed by atoms with Gasteiger partial charge in [0.25, 0.3) is 0 Å². The number of piperidine rings is 1. The van der Waals surface area contributed by atoms with E-state index in [1.165, 1.54) is 11.7 Å². The van der Waals surface area contributed by atoms with E-state index in [4.69, 9.17) is 11.6 Å². The molecule has 0 radical (unpaired) electrons. The molecule has 1 aliphatic rings. The Morgan fingerprint density at radius 1 is 1.32 bits per heavy atom. The van der Waals surface area contributed by atoms with E-state index in [1.54, 1.807) is 6.20 Å². The van der Waals surface area contributed by atoms with Gasteiger partial charge < -0.3 is 10.2 Å². The number of nitrogens with zero attached hydrogens (tertiary/aromatic N) is 3. The van der Waals surface area contributed by atoms with Gasteiger partial charge in [-0.1, -0.05) is 23.7 Å². The summed E-state index contributed by atoms with van der Waals surface area (Å²) in [5, 5.41) is 3.80. The van der Waals surface area contributed by atoms with Crippen molar-refractivity contribution in [3.63, 3.8) is 0 Å². The summed E-state index contributed by atoms with van der Waals surface area (Å²) >= 11 is 7.07. The molecule has 5 nitrogen and oxygen atoms in total. The molecule has 2 aromatic rings. The highest BCUT2D eigenvalue weighted by atomic mass is 35.5. The SMILES string of the molecule is O=C(Cc1ccc(Cl)cc1)NC1CCN(c2cnsn2)CC1. The largest absolute Gasteiger partial charge is 0.354 e. The molecule has 22 heavy (non-hydrogen) atoms. The third-order valence-corrected chi connectivity index (χ3v) is 4.53. The zero-order chi connectivity index (χ0) is 15.4. The lowest BCUT2D eigenvalue weighted by Gasteiger charge is -2.32. The Kier molecular flexibility index (Phi) is 4.90. The molecule has 1 N–H and O–H groups in total. The number of anilines is 1. The van der Waals surface area contributed by atoms with Crippen molar-refractivity contribution in [3.8, 4) is 0 Å². The van der Waals surface area contributed by atoms with Crippen molar-refractivity contribution in [3.05, 3.63) is 41.0 Å². The summed E-state index contributed by atoms with van der Waals surface area (Å²) in [5.74, 6) is 1.01. The fourth-order valence-corrected chi connectivity index (χ4v) is 3.18. The van der Waals surface area contributed by atoms with Gasteiger partial charge in [0.1, 0.15) is 0 Å². The number of benzene rings is 1. The smallest absolute Gasteiger partial charge is 0.224 e. The van der Waals surface area contributed by atoms with E-state index in [9.17, 15) is 4.79 Å².